The minimum Gasteiger partial charge on any atom is -0.484 e. The van der Waals surface area contributed by atoms with Crippen molar-refractivity contribution in [3.63, 3.8) is 0 Å². The number of rotatable bonds is 4. The predicted octanol–water partition coefficient (Wildman–Crippen LogP) is 3.19. The van der Waals surface area contributed by atoms with Gasteiger partial charge in [0.25, 0.3) is 5.91 Å². The van der Waals surface area contributed by atoms with Gasteiger partial charge in [0.15, 0.2) is 6.61 Å². The largest absolute Gasteiger partial charge is 0.484 e. The average molecular weight is 280 g/mol. The third-order valence-corrected chi connectivity index (χ3v) is 3.10. The Morgan fingerprint density at radius 1 is 1.14 bits per heavy atom. The van der Waals surface area contributed by atoms with Gasteiger partial charge in [-0.1, -0.05) is 18.2 Å². The number of anilines is 1. The van der Waals surface area contributed by atoms with Crippen molar-refractivity contribution in [3.05, 3.63) is 59.2 Å². The van der Waals surface area contributed by atoms with Crippen LogP contribution < -0.4 is 10.1 Å². The van der Waals surface area contributed by atoms with E-state index in [0.29, 0.717) is 11.3 Å². The van der Waals surface area contributed by atoms with Crippen molar-refractivity contribution < 1.29 is 9.53 Å². The van der Waals surface area contributed by atoms with Crippen LogP contribution >= 0.6 is 0 Å². The maximum absolute atomic E-state index is 11.9. The first kappa shape index (κ1) is 14.6. The Kier molecular flexibility index (Phi) is 4.57. The molecule has 0 aliphatic heterocycles. The number of ether oxygens (including phenoxy) is 1. The summed E-state index contributed by atoms with van der Waals surface area (Å²) in [6, 6.07) is 14.5. The molecule has 2 aromatic carbocycles. The summed E-state index contributed by atoms with van der Waals surface area (Å²) in [5.74, 6) is 0.349. The molecular weight excluding hydrogens is 264 g/mol. The van der Waals surface area contributed by atoms with Crippen LogP contribution in [0, 0.1) is 25.2 Å². The monoisotopic (exact) mass is 280 g/mol. The molecule has 0 radical (unpaired) electrons. The van der Waals surface area contributed by atoms with Gasteiger partial charge in [0.1, 0.15) is 5.75 Å². The van der Waals surface area contributed by atoms with Crippen molar-refractivity contribution in [3.8, 4) is 11.8 Å². The van der Waals surface area contributed by atoms with Crippen LogP contribution in [0.15, 0.2) is 42.5 Å². The van der Waals surface area contributed by atoms with Gasteiger partial charge < -0.3 is 10.1 Å². The van der Waals surface area contributed by atoms with Crippen molar-refractivity contribution >= 4 is 11.6 Å². The molecule has 4 heteroatoms. The van der Waals surface area contributed by atoms with E-state index in [1.165, 1.54) is 0 Å². The number of carbonyl (C=O) groups is 1. The quantitative estimate of drug-likeness (QED) is 0.935. The van der Waals surface area contributed by atoms with E-state index in [2.05, 4.69) is 5.32 Å². The van der Waals surface area contributed by atoms with E-state index < -0.39 is 0 Å². The van der Waals surface area contributed by atoms with Crippen molar-refractivity contribution in [2.75, 3.05) is 11.9 Å². The molecule has 0 spiro atoms. The van der Waals surface area contributed by atoms with Crippen LogP contribution in [-0.4, -0.2) is 12.5 Å². The molecule has 2 aromatic rings. The second kappa shape index (κ2) is 6.58. The van der Waals surface area contributed by atoms with Crippen molar-refractivity contribution in [1.29, 1.82) is 5.26 Å². The molecular formula is C17H16N2O2. The predicted molar refractivity (Wildman–Crippen MR) is 81.2 cm³/mol. The number of nitriles is 1. The zero-order valence-electron chi connectivity index (χ0n) is 12.0. The second-order valence-corrected chi connectivity index (χ2v) is 4.74. The maximum Gasteiger partial charge on any atom is 0.262 e. The van der Waals surface area contributed by atoms with E-state index in [-0.39, 0.29) is 12.5 Å². The van der Waals surface area contributed by atoms with Gasteiger partial charge in [-0.25, -0.2) is 0 Å². The topological polar surface area (TPSA) is 62.1 Å². The molecule has 21 heavy (non-hydrogen) atoms. The number of nitrogens with one attached hydrogen (secondary N) is 1. The molecule has 0 bridgehead atoms. The number of nitrogens with zero attached hydrogens (tertiary/aromatic N) is 1. The number of hydrogen-bond donors (Lipinski definition) is 1. The molecule has 0 fully saturated rings. The zero-order chi connectivity index (χ0) is 15.2. The van der Waals surface area contributed by atoms with Gasteiger partial charge in [0.05, 0.1) is 11.6 Å². The third-order valence-electron chi connectivity index (χ3n) is 3.10. The summed E-state index contributed by atoms with van der Waals surface area (Å²) in [6.07, 6.45) is 0. The van der Waals surface area contributed by atoms with Gasteiger partial charge in [0, 0.05) is 5.69 Å². The summed E-state index contributed by atoms with van der Waals surface area (Å²) in [7, 11) is 0. The molecule has 0 aliphatic rings. The Morgan fingerprint density at radius 3 is 2.33 bits per heavy atom. The average Bonchev–Trinajstić information content (AvgIpc) is 2.49. The molecule has 1 amide bonds. The Hall–Kier alpha value is -2.80. The van der Waals surface area contributed by atoms with Crippen molar-refractivity contribution in [2.45, 2.75) is 13.8 Å². The molecule has 0 unspecified atom stereocenters. The highest BCUT2D eigenvalue weighted by Gasteiger charge is 2.08. The van der Waals surface area contributed by atoms with Crippen molar-refractivity contribution in [2.24, 2.45) is 0 Å². The molecule has 106 valence electrons. The van der Waals surface area contributed by atoms with Crippen LogP contribution in [0.4, 0.5) is 5.69 Å². The molecule has 0 atom stereocenters. The molecule has 4 nitrogen and oxygen atoms in total. The summed E-state index contributed by atoms with van der Waals surface area (Å²) in [5.41, 5.74) is 3.41. The lowest BCUT2D eigenvalue weighted by atomic mass is 10.1. The lowest BCUT2D eigenvalue weighted by molar-refractivity contribution is -0.118. The number of benzene rings is 2. The van der Waals surface area contributed by atoms with E-state index in [0.717, 1.165) is 16.8 Å². The Morgan fingerprint density at radius 2 is 1.76 bits per heavy atom. The number of aryl methyl sites for hydroxylation is 2. The van der Waals surface area contributed by atoms with Crippen LogP contribution in [0.5, 0.6) is 5.75 Å². The summed E-state index contributed by atoms with van der Waals surface area (Å²) in [5, 5.41) is 11.6. The number of hydrogen-bond acceptors (Lipinski definition) is 3. The molecule has 0 aliphatic carbocycles. The fraction of sp³-hybridized carbons (Fsp3) is 0.176. The van der Waals surface area contributed by atoms with Gasteiger partial charge in [-0.2, -0.15) is 5.26 Å². The normalized spacial score (nSPS) is 9.76. The van der Waals surface area contributed by atoms with Crippen LogP contribution in [0.3, 0.4) is 0 Å². The minimum absolute atomic E-state index is 0.0698. The highest BCUT2D eigenvalue weighted by Crippen LogP contribution is 2.19. The summed E-state index contributed by atoms with van der Waals surface area (Å²) in [4.78, 5) is 11.9. The van der Waals surface area contributed by atoms with Crippen LogP contribution in [0.1, 0.15) is 16.7 Å². The maximum atomic E-state index is 11.9. The molecule has 0 aromatic heterocycles. The van der Waals surface area contributed by atoms with Crippen LogP contribution in [-0.2, 0) is 4.79 Å². The number of amides is 1. The van der Waals surface area contributed by atoms with Crippen LogP contribution in [0.25, 0.3) is 0 Å². The van der Waals surface area contributed by atoms with E-state index in [1.807, 2.05) is 38.1 Å². The second-order valence-electron chi connectivity index (χ2n) is 4.74. The zero-order valence-corrected chi connectivity index (χ0v) is 12.0. The first-order chi connectivity index (χ1) is 10.1. The highest BCUT2D eigenvalue weighted by atomic mass is 16.5. The van der Waals surface area contributed by atoms with E-state index >= 15 is 0 Å². The summed E-state index contributed by atoms with van der Waals surface area (Å²) < 4.78 is 5.40. The van der Waals surface area contributed by atoms with Crippen LogP contribution in [0.2, 0.25) is 0 Å². The van der Waals surface area contributed by atoms with Gasteiger partial charge in [-0.15, -0.1) is 0 Å². The lowest BCUT2D eigenvalue weighted by Gasteiger charge is -2.12. The van der Waals surface area contributed by atoms with Gasteiger partial charge >= 0.3 is 0 Å². The minimum atomic E-state index is -0.211. The van der Waals surface area contributed by atoms with Gasteiger partial charge in [-0.3, -0.25) is 4.79 Å². The number of carbonyl (C=O) groups excluding carboxylic acids is 1. The van der Waals surface area contributed by atoms with Gasteiger partial charge in [0.2, 0.25) is 0 Å². The summed E-state index contributed by atoms with van der Waals surface area (Å²) in [6.45, 7) is 3.83. The fourth-order valence-electron chi connectivity index (χ4n) is 1.96. The highest BCUT2D eigenvalue weighted by molar-refractivity contribution is 5.93. The first-order valence-electron chi connectivity index (χ1n) is 6.59. The smallest absolute Gasteiger partial charge is 0.262 e. The van der Waals surface area contributed by atoms with E-state index in [9.17, 15) is 4.79 Å². The molecule has 0 saturated heterocycles. The third kappa shape index (κ3) is 3.83. The first-order valence-corrected chi connectivity index (χ1v) is 6.59. The SMILES string of the molecule is Cc1cccc(C)c1NC(=O)COc1ccc(C#N)cc1. The Bertz CT molecular complexity index is 665. The standard InChI is InChI=1S/C17H16N2O2/c1-12-4-3-5-13(2)17(12)19-16(20)11-21-15-8-6-14(10-18)7-9-15/h3-9H,11H2,1-2H3,(H,19,20). The number of para-hydroxylation sites is 1. The molecule has 2 rings (SSSR count). The Balaban J connectivity index is 1.94. The van der Waals surface area contributed by atoms with E-state index in [4.69, 9.17) is 10.00 Å². The van der Waals surface area contributed by atoms with Crippen molar-refractivity contribution in [1.82, 2.24) is 0 Å². The summed E-state index contributed by atoms with van der Waals surface area (Å²) >= 11 is 0. The Labute approximate surface area is 124 Å². The van der Waals surface area contributed by atoms with E-state index in [1.54, 1.807) is 24.3 Å². The molecule has 0 heterocycles. The van der Waals surface area contributed by atoms with Gasteiger partial charge in [-0.05, 0) is 49.2 Å². The fourth-order valence-corrected chi connectivity index (χ4v) is 1.96. The lowest BCUT2D eigenvalue weighted by Crippen LogP contribution is -2.21. The molecule has 1 N–H and O–H groups in total. The molecule has 0 saturated carbocycles.